The molecule has 0 bridgehead atoms. The molecule has 2 N–H and O–H groups in total. The van der Waals surface area contributed by atoms with Crippen LogP contribution in [0.2, 0.25) is 0 Å². The minimum Gasteiger partial charge on any atom is -0.328 e. The van der Waals surface area contributed by atoms with Gasteiger partial charge in [0.15, 0.2) is 11.3 Å². The van der Waals surface area contributed by atoms with Gasteiger partial charge in [0.25, 0.3) is 10.0 Å². The summed E-state index contributed by atoms with van der Waals surface area (Å²) in [5.74, 6) is 1.04. The highest BCUT2D eigenvalue weighted by Crippen LogP contribution is 2.34. The number of hydrogen-bond donors (Lipinski definition) is 1. The van der Waals surface area contributed by atoms with Crippen LogP contribution in [-0.2, 0) is 10.0 Å². The topological polar surface area (TPSA) is 108 Å². The summed E-state index contributed by atoms with van der Waals surface area (Å²) in [4.78, 5) is 4.59. The molecule has 1 aromatic carbocycles. The van der Waals surface area contributed by atoms with Gasteiger partial charge < -0.3 is 5.73 Å². The Hall–Kier alpha value is -2.49. The van der Waals surface area contributed by atoms with Gasteiger partial charge >= 0.3 is 0 Å². The fourth-order valence-electron chi connectivity index (χ4n) is 3.99. The van der Waals surface area contributed by atoms with E-state index in [-0.39, 0.29) is 29.3 Å². The summed E-state index contributed by atoms with van der Waals surface area (Å²) in [6.07, 6.45) is 5.86. The number of benzene rings is 1. The summed E-state index contributed by atoms with van der Waals surface area (Å²) in [6, 6.07) is 8.71. The number of fused-ring (bicyclic) bond motifs is 3. The highest BCUT2D eigenvalue weighted by Gasteiger charge is 2.29. The summed E-state index contributed by atoms with van der Waals surface area (Å²) in [5.41, 5.74) is 8.71. The highest BCUT2D eigenvalue weighted by atomic mass is 35.5. The first-order valence-electron chi connectivity index (χ1n) is 9.24. The minimum atomic E-state index is -3.75. The monoisotopic (exact) mass is 432 g/mol. The van der Waals surface area contributed by atoms with Crippen molar-refractivity contribution in [1.29, 1.82) is 0 Å². The molecule has 5 rings (SSSR count). The maximum atomic E-state index is 13.1. The lowest BCUT2D eigenvalue weighted by Gasteiger charge is -2.10. The maximum Gasteiger partial charge on any atom is 0.269 e. The first-order valence-corrected chi connectivity index (χ1v) is 10.7. The molecule has 10 heteroatoms. The summed E-state index contributed by atoms with van der Waals surface area (Å²) in [6.45, 7) is 1.92. The van der Waals surface area contributed by atoms with Crippen LogP contribution in [0.4, 0.5) is 0 Å². The summed E-state index contributed by atoms with van der Waals surface area (Å²) >= 11 is 0. The van der Waals surface area contributed by atoms with E-state index < -0.39 is 10.0 Å². The molecular weight excluding hydrogens is 412 g/mol. The maximum absolute atomic E-state index is 13.1. The first kappa shape index (κ1) is 19.8. The molecule has 0 unspecified atom stereocenters. The molecule has 1 fully saturated rings. The SMILES string of the molecule is Cc1ccc(S(=O)(=O)n2ccc3c2ncc2nnc([C@@H]4CC[C@H](N)C4)n23)cc1.Cl. The zero-order chi connectivity index (χ0) is 19.5. The van der Waals surface area contributed by atoms with E-state index in [1.807, 2.05) is 11.3 Å². The van der Waals surface area contributed by atoms with E-state index >= 15 is 0 Å². The van der Waals surface area contributed by atoms with Crippen LogP contribution in [-0.4, -0.2) is 38.0 Å². The van der Waals surface area contributed by atoms with Crippen LogP contribution in [0.5, 0.6) is 0 Å². The Morgan fingerprint density at radius 2 is 1.86 bits per heavy atom. The molecule has 3 aromatic heterocycles. The zero-order valence-corrected chi connectivity index (χ0v) is 17.4. The molecule has 1 saturated carbocycles. The standard InChI is InChI=1S/C19H20N6O2S.ClH/c1-12-2-6-15(7-3-12)28(26,27)24-9-8-16-19(24)21-11-17-22-23-18(25(16)17)13-4-5-14(20)10-13;/h2-3,6-9,11,13-14H,4-5,10,20H2,1H3;1H/t13-,14+;/m1./s1. The van der Waals surface area contributed by atoms with Gasteiger partial charge in [0.1, 0.15) is 5.82 Å². The number of halogens is 1. The van der Waals surface area contributed by atoms with Gasteiger partial charge in [-0.25, -0.2) is 17.4 Å². The number of aromatic nitrogens is 5. The Kier molecular flexibility index (Phi) is 4.84. The molecule has 1 aliphatic rings. The van der Waals surface area contributed by atoms with Crippen molar-refractivity contribution in [1.82, 2.24) is 23.6 Å². The van der Waals surface area contributed by atoms with Crippen LogP contribution in [0.3, 0.4) is 0 Å². The third-order valence-corrected chi connectivity index (χ3v) is 7.16. The van der Waals surface area contributed by atoms with Crippen LogP contribution in [0.1, 0.15) is 36.6 Å². The molecule has 0 aliphatic heterocycles. The second-order valence-electron chi connectivity index (χ2n) is 7.42. The number of rotatable bonds is 3. The fourth-order valence-corrected chi connectivity index (χ4v) is 5.28. The predicted molar refractivity (Wildman–Crippen MR) is 112 cm³/mol. The minimum absolute atomic E-state index is 0. The fraction of sp³-hybridized carbons (Fsp3) is 0.316. The van der Waals surface area contributed by atoms with Crippen molar-refractivity contribution >= 4 is 39.2 Å². The van der Waals surface area contributed by atoms with Gasteiger partial charge in [0.2, 0.25) is 0 Å². The third kappa shape index (κ3) is 3.09. The molecule has 0 amide bonds. The second-order valence-corrected chi connectivity index (χ2v) is 9.23. The van der Waals surface area contributed by atoms with E-state index in [2.05, 4.69) is 15.2 Å². The van der Waals surface area contributed by atoms with E-state index in [9.17, 15) is 8.42 Å². The molecule has 0 saturated heterocycles. The molecule has 1 aliphatic carbocycles. The largest absolute Gasteiger partial charge is 0.328 e. The van der Waals surface area contributed by atoms with E-state index in [0.717, 1.165) is 30.7 Å². The first-order chi connectivity index (χ1) is 13.4. The number of aryl methyl sites for hydroxylation is 1. The average molecular weight is 433 g/mol. The molecule has 8 nitrogen and oxygen atoms in total. The zero-order valence-electron chi connectivity index (χ0n) is 15.8. The lowest BCUT2D eigenvalue weighted by atomic mass is 10.1. The number of nitrogens with zero attached hydrogens (tertiary/aromatic N) is 5. The molecule has 4 aromatic rings. The molecular formula is C19H21ClN6O2S. The average Bonchev–Trinajstić information content (AvgIpc) is 3.38. The van der Waals surface area contributed by atoms with Gasteiger partial charge in [-0.05, 0) is 44.4 Å². The van der Waals surface area contributed by atoms with Crippen LogP contribution in [0, 0.1) is 6.92 Å². The lowest BCUT2D eigenvalue weighted by Crippen LogP contribution is -2.15. The smallest absolute Gasteiger partial charge is 0.269 e. The molecule has 152 valence electrons. The Morgan fingerprint density at radius 3 is 2.55 bits per heavy atom. The van der Waals surface area contributed by atoms with Crippen LogP contribution in [0.15, 0.2) is 47.6 Å². The molecule has 0 spiro atoms. The van der Waals surface area contributed by atoms with Crippen molar-refractivity contribution in [2.75, 3.05) is 0 Å². The van der Waals surface area contributed by atoms with Crippen LogP contribution in [0.25, 0.3) is 16.8 Å². The number of nitrogens with two attached hydrogens (primary N) is 1. The van der Waals surface area contributed by atoms with Crippen molar-refractivity contribution in [2.24, 2.45) is 5.73 Å². The van der Waals surface area contributed by atoms with Crippen LogP contribution >= 0.6 is 12.4 Å². The van der Waals surface area contributed by atoms with E-state index in [1.54, 1.807) is 36.5 Å². The molecule has 0 radical (unpaired) electrons. The molecule has 3 heterocycles. The van der Waals surface area contributed by atoms with Crippen molar-refractivity contribution < 1.29 is 8.42 Å². The van der Waals surface area contributed by atoms with Crippen LogP contribution < -0.4 is 5.73 Å². The van der Waals surface area contributed by atoms with E-state index in [0.29, 0.717) is 16.8 Å². The van der Waals surface area contributed by atoms with Crippen molar-refractivity contribution in [3.63, 3.8) is 0 Å². The van der Waals surface area contributed by atoms with Gasteiger partial charge in [-0.1, -0.05) is 17.7 Å². The number of hydrogen-bond acceptors (Lipinski definition) is 6. The van der Waals surface area contributed by atoms with Gasteiger partial charge in [0.05, 0.1) is 16.6 Å². The van der Waals surface area contributed by atoms with Gasteiger partial charge in [-0.15, -0.1) is 22.6 Å². The summed E-state index contributed by atoms with van der Waals surface area (Å²) < 4.78 is 29.4. The lowest BCUT2D eigenvalue weighted by molar-refractivity contribution is 0.588. The van der Waals surface area contributed by atoms with Gasteiger partial charge in [-0.3, -0.25) is 4.40 Å². The Morgan fingerprint density at radius 1 is 1.10 bits per heavy atom. The van der Waals surface area contributed by atoms with E-state index in [1.165, 1.54) is 10.2 Å². The molecule has 29 heavy (non-hydrogen) atoms. The van der Waals surface area contributed by atoms with Crippen molar-refractivity contribution in [3.8, 4) is 0 Å². The predicted octanol–water partition coefficient (Wildman–Crippen LogP) is 2.64. The van der Waals surface area contributed by atoms with Crippen molar-refractivity contribution in [3.05, 3.63) is 54.1 Å². The molecule has 2 atom stereocenters. The normalized spacial score (nSPS) is 19.7. The summed E-state index contributed by atoms with van der Waals surface area (Å²) in [7, 11) is -3.75. The van der Waals surface area contributed by atoms with Crippen molar-refractivity contribution in [2.45, 2.75) is 43.0 Å². The van der Waals surface area contributed by atoms with Gasteiger partial charge in [0, 0.05) is 18.2 Å². The highest BCUT2D eigenvalue weighted by molar-refractivity contribution is 7.90. The summed E-state index contributed by atoms with van der Waals surface area (Å²) in [5, 5.41) is 8.59. The second kappa shape index (κ2) is 7.08. The quantitative estimate of drug-likeness (QED) is 0.533. The Labute approximate surface area is 174 Å². The Balaban J connectivity index is 0.00000205. The Bertz CT molecular complexity index is 1300. The van der Waals surface area contributed by atoms with Gasteiger partial charge in [-0.2, -0.15) is 0 Å². The third-order valence-electron chi connectivity index (χ3n) is 5.48. The van der Waals surface area contributed by atoms with E-state index in [4.69, 9.17) is 5.73 Å².